The molecule has 3 aliphatic carbocycles. The largest absolute Gasteiger partial charge is 0.468 e. The average Bonchev–Trinajstić information content (AvgIpc) is 3.31. The quantitative estimate of drug-likeness (QED) is 0.270. The van der Waals surface area contributed by atoms with Gasteiger partial charge in [-0.15, -0.1) is 0 Å². The smallest absolute Gasteiger partial charge is 0.317 e. The van der Waals surface area contributed by atoms with Gasteiger partial charge in [0.25, 0.3) is 0 Å². The zero-order valence-electron chi connectivity index (χ0n) is 21.6. The summed E-state index contributed by atoms with van der Waals surface area (Å²) in [5, 5.41) is 0. The minimum absolute atomic E-state index is 0.228. The van der Waals surface area contributed by atoms with Crippen molar-refractivity contribution in [2.75, 3.05) is 28.4 Å². The van der Waals surface area contributed by atoms with Gasteiger partial charge in [-0.3, -0.25) is 28.8 Å². The first kappa shape index (κ1) is 28.2. The van der Waals surface area contributed by atoms with Crippen molar-refractivity contribution in [3.05, 3.63) is 56.5 Å². The third kappa shape index (κ3) is 3.14. The Balaban J connectivity index is 2.14. The van der Waals surface area contributed by atoms with Crippen LogP contribution >= 0.6 is 31.9 Å². The van der Waals surface area contributed by atoms with Crippen LogP contribution in [0.5, 0.6) is 0 Å². The summed E-state index contributed by atoms with van der Waals surface area (Å²) in [5.74, 6) is -13.7. The average molecular weight is 678 g/mol. The van der Waals surface area contributed by atoms with Gasteiger partial charge in [-0.1, -0.05) is 44.0 Å². The van der Waals surface area contributed by atoms with Gasteiger partial charge in [-0.05, 0) is 46.5 Å². The highest BCUT2D eigenvalue weighted by Crippen LogP contribution is 2.75. The lowest BCUT2D eigenvalue weighted by atomic mass is 9.47. The van der Waals surface area contributed by atoms with Crippen LogP contribution in [0.2, 0.25) is 0 Å². The van der Waals surface area contributed by atoms with Crippen LogP contribution in [0.15, 0.2) is 45.3 Å². The fraction of sp³-hybridized carbons (Fsp3) is 0.357. The Morgan fingerprint density at radius 3 is 1.10 bits per heavy atom. The fourth-order valence-electron chi connectivity index (χ4n) is 7.47. The molecule has 2 aromatic carbocycles. The van der Waals surface area contributed by atoms with E-state index in [4.69, 9.17) is 18.9 Å². The molecule has 3 aliphatic rings. The van der Waals surface area contributed by atoms with Crippen LogP contribution in [0.25, 0.3) is 11.1 Å². The predicted octanol–water partition coefficient (Wildman–Crippen LogP) is 2.69. The minimum Gasteiger partial charge on any atom is -0.468 e. The van der Waals surface area contributed by atoms with E-state index in [1.54, 1.807) is 36.4 Å². The molecule has 208 valence electrons. The van der Waals surface area contributed by atoms with Crippen molar-refractivity contribution in [1.29, 1.82) is 0 Å². The summed E-state index contributed by atoms with van der Waals surface area (Å²) >= 11 is 6.91. The van der Waals surface area contributed by atoms with Crippen LogP contribution in [0.1, 0.15) is 11.1 Å². The van der Waals surface area contributed by atoms with E-state index in [0.717, 1.165) is 28.4 Å². The molecule has 0 aromatic heterocycles. The lowest BCUT2D eigenvalue weighted by Crippen LogP contribution is -2.59. The van der Waals surface area contributed by atoms with E-state index in [2.05, 4.69) is 31.9 Å². The van der Waals surface area contributed by atoms with E-state index in [1.165, 1.54) is 0 Å². The summed E-state index contributed by atoms with van der Waals surface area (Å²) in [5.41, 5.74) is -2.83. The molecule has 12 heteroatoms. The number of halogens is 2. The molecule has 5 rings (SSSR count). The maximum absolute atomic E-state index is 14.4. The Bertz CT molecular complexity index is 1360. The third-order valence-electron chi connectivity index (χ3n) is 8.54. The van der Waals surface area contributed by atoms with Gasteiger partial charge in [-0.25, -0.2) is 0 Å². The van der Waals surface area contributed by atoms with Crippen LogP contribution in [0.3, 0.4) is 0 Å². The summed E-state index contributed by atoms with van der Waals surface area (Å²) < 4.78 is 21.5. The standard InChI is InChI=1S/C28H22Br2O10/c1-37-23(33)17-21(31)18(24(34)38-2)28-16-8-6-12(30)10-14(16)13-9-11(29)5-7-15(13)27(17,28)19(25(35)39-3)22(32)20(28)26(36)40-4/h5-10,17-20H,1-4H3/t17-,18+,19?,20?,27+,28-. The van der Waals surface area contributed by atoms with Gasteiger partial charge in [0.05, 0.1) is 28.4 Å². The summed E-state index contributed by atoms with van der Waals surface area (Å²) in [4.78, 5) is 83.3. The molecule has 6 atom stereocenters. The van der Waals surface area contributed by atoms with Crippen molar-refractivity contribution < 1.29 is 47.7 Å². The highest BCUT2D eigenvalue weighted by atomic mass is 79.9. The number of ketones is 2. The van der Waals surface area contributed by atoms with Crippen molar-refractivity contribution in [2.45, 2.75) is 10.8 Å². The van der Waals surface area contributed by atoms with E-state index in [9.17, 15) is 28.8 Å². The lowest BCUT2D eigenvalue weighted by Gasteiger charge is -2.51. The first-order valence-corrected chi connectivity index (χ1v) is 13.6. The molecule has 40 heavy (non-hydrogen) atoms. The number of hydrogen-bond acceptors (Lipinski definition) is 10. The molecule has 0 heterocycles. The number of esters is 4. The zero-order valence-corrected chi connectivity index (χ0v) is 24.8. The van der Waals surface area contributed by atoms with Gasteiger partial charge in [0.2, 0.25) is 0 Å². The summed E-state index contributed by atoms with van der Waals surface area (Å²) in [6.07, 6.45) is 0. The van der Waals surface area contributed by atoms with Crippen molar-refractivity contribution in [1.82, 2.24) is 0 Å². The molecule has 0 radical (unpaired) electrons. The molecular weight excluding hydrogens is 656 g/mol. The number of carbonyl (C=O) groups is 6. The summed E-state index contributed by atoms with van der Waals surface area (Å²) in [7, 11) is 4.21. The molecule has 2 aromatic rings. The zero-order chi connectivity index (χ0) is 29.3. The predicted molar refractivity (Wildman–Crippen MR) is 143 cm³/mol. The second kappa shape index (κ2) is 9.62. The first-order valence-electron chi connectivity index (χ1n) is 12.0. The van der Waals surface area contributed by atoms with E-state index in [0.29, 0.717) is 20.1 Å². The highest BCUT2D eigenvalue weighted by molar-refractivity contribution is 9.10. The molecule has 2 unspecified atom stereocenters. The van der Waals surface area contributed by atoms with Crippen LogP contribution in [0.4, 0.5) is 0 Å². The molecule has 2 saturated carbocycles. The van der Waals surface area contributed by atoms with Crippen LogP contribution in [-0.4, -0.2) is 63.9 Å². The van der Waals surface area contributed by atoms with Gasteiger partial charge >= 0.3 is 23.9 Å². The SMILES string of the molecule is COC(=O)C1C(=O)C(C(=O)OC)[C@@]23c4ccc(Br)cc4-c4cc(Br)ccc4[C@@]12[C@H](C(=O)OC)C(=O)[C@@H]3C(=O)OC. The second-order valence-corrected chi connectivity index (χ2v) is 11.6. The number of ether oxygens (including phenoxy) is 4. The van der Waals surface area contributed by atoms with Crippen molar-refractivity contribution >= 4 is 67.3 Å². The van der Waals surface area contributed by atoms with E-state index >= 15 is 0 Å². The summed E-state index contributed by atoms with van der Waals surface area (Å²) in [6, 6.07) is 9.82. The van der Waals surface area contributed by atoms with Crippen LogP contribution < -0.4 is 0 Å². The molecule has 0 spiro atoms. The molecule has 0 N–H and O–H groups in total. The number of rotatable bonds is 4. The highest BCUT2D eigenvalue weighted by Gasteiger charge is 2.88. The van der Waals surface area contributed by atoms with Gasteiger partial charge in [0.15, 0.2) is 11.6 Å². The number of Topliss-reactive ketones (excluding diaryl/α,β-unsaturated/α-hetero) is 2. The van der Waals surface area contributed by atoms with E-state index in [1.807, 2.05) is 0 Å². The van der Waals surface area contributed by atoms with Crippen LogP contribution in [0, 0.1) is 23.7 Å². The molecule has 2 fully saturated rings. The summed E-state index contributed by atoms with van der Waals surface area (Å²) in [6.45, 7) is 0. The lowest BCUT2D eigenvalue weighted by molar-refractivity contribution is -0.156. The topological polar surface area (TPSA) is 139 Å². The van der Waals surface area contributed by atoms with Gasteiger partial charge in [0, 0.05) is 19.8 Å². The Labute approximate surface area is 244 Å². The monoisotopic (exact) mass is 676 g/mol. The van der Waals surface area contributed by atoms with Gasteiger partial charge < -0.3 is 18.9 Å². The van der Waals surface area contributed by atoms with Crippen LogP contribution in [-0.2, 0) is 58.5 Å². The third-order valence-corrected chi connectivity index (χ3v) is 9.52. The molecule has 0 bridgehead atoms. The molecule has 10 nitrogen and oxygen atoms in total. The van der Waals surface area contributed by atoms with Gasteiger partial charge in [0.1, 0.15) is 23.7 Å². The molecule has 0 aliphatic heterocycles. The Kier molecular flexibility index (Phi) is 6.77. The van der Waals surface area contributed by atoms with Crippen molar-refractivity contribution in [3.63, 3.8) is 0 Å². The first-order chi connectivity index (χ1) is 19.0. The maximum atomic E-state index is 14.4. The number of benzene rings is 2. The molecular formula is C28H22Br2O10. The van der Waals surface area contributed by atoms with Crippen molar-refractivity contribution in [3.8, 4) is 11.1 Å². The second-order valence-electron chi connectivity index (χ2n) is 9.75. The normalized spacial score (nSPS) is 29.4. The Morgan fingerprint density at radius 1 is 0.575 bits per heavy atom. The Morgan fingerprint density at radius 2 is 0.850 bits per heavy atom. The molecule has 0 amide bonds. The minimum atomic E-state index is -2.12. The van der Waals surface area contributed by atoms with Gasteiger partial charge in [-0.2, -0.15) is 0 Å². The number of carbonyl (C=O) groups excluding carboxylic acids is 6. The number of hydrogen-bond donors (Lipinski definition) is 0. The number of fused-ring (bicyclic) bond motifs is 3. The fourth-order valence-corrected chi connectivity index (χ4v) is 8.19. The molecule has 0 saturated heterocycles. The van der Waals surface area contributed by atoms with E-state index < -0.39 is 69.9 Å². The Hall–Kier alpha value is -3.38. The number of methoxy groups -OCH3 is 4. The van der Waals surface area contributed by atoms with E-state index in [-0.39, 0.29) is 11.1 Å². The van der Waals surface area contributed by atoms with Crippen molar-refractivity contribution in [2.24, 2.45) is 23.7 Å². The maximum Gasteiger partial charge on any atom is 0.317 e.